The molecule has 1 heterocycles. The minimum atomic E-state index is -1.62. The Morgan fingerprint density at radius 3 is 1.66 bits per heavy atom. The molecule has 6 N–H and O–H groups in total. The van der Waals surface area contributed by atoms with Crippen molar-refractivity contribution in [3.05, 3.63) is 48.6 Å². The van der Waals surface area contributed by atoms with Crippen molar-refractivity contribution in [3.63, 3.8) is 0 Å². The van der Waals surface area contributed by atoms with E-state index in [4.69, 9.17) is 14.2 Å². The lowest BCUT2D eigenvalue weighted by atomic mass is 9.99. The maximum atomic E-state index is 13.3. The highest BCUT2D eigenvalue weighted by atomic mass is 16.7. The summed E-state index contributed by atoms with van der Waals surface area (Å²) in [7, 11) is 0. The van der Waals surface area contributed by atoms with E-state index in [1.165, 1.54) is 77.0 Å². The van der Waals surface area contributed by atoms with E-state index >= 15 is 0 Å². The molecule has 11 heteroatoms. The van der Waals surface area contributed by atoms with Gasteiger partial charge in [0.2, 0.25) is 5.91 Å². The minimum absolute atomic E-state index is 0.109. The van der Waals surface area contributed by atoms with Gasteiger partial charge in [-0.15, -0.1) is 0 Å². The van der Waals surface area contributed by atoms with E-state index in [1.54, 1.807) is 6.08 Å². The number of allylic oxidation sites excluding steroid dienone is 7. The predicted octanol–water partition coefficient (Wildman–Crippen LogP) is 10.9. The molecule has 1 saturated heterocycles. The van der Waals surface area contributed by atoms with Crippen molar-refractivity contribution >= 4 is 11.9 Å². The summed E-state index contributed by atoms with van der Waals surface area (Å²) >= 11 is 0. The molecule has 8 atom stereocenters. The van der Waals surface area contributed by atoms with Crippen LogP contribution in [0.3, 0.4) is 0 Å². The fourth-order valence-electron chi connectivity index (χ4n) is 7.91. The van der Waals surface area contributed by atoms with Crippen LogP contribution in [0.15, 0.2) is 48.6 Å². The molecule has 11 nitrogen and oxygen atoms in total. The molecule has 8 unspecified atom stereocenters. The Bertz CT molecular complexity index is 1240. The summed E-state index contributed by atoms with van der Waals surface area (Å²) in [4.78, 5) is 26.3. The van der Waals surface area contributed by atoms with Gasteiger partial charge in [-0.2, -0.15) is 0 Å². The molecule has 0 saturated carbocycles. The topological polar surface area (TPSA) is 175 Å². The molecule has 0 aromatic rings. The number of carbonyl (C=O) groups is 2. The van der Waals surface area contributed by atoms with Gasteiger partial charge in [0.05, 0.1) is 25.4 Å². The maximum Gasteiger partial charge on any atom is 0.306 e. The van der Waals surface area contributed by atoms with Crippen LogP contribution in [0.5, 0.6) is 0 Å². The lowest BCUT2D eigenvalue weighted by Crippen LogP contribution is -2.61. The normalized spacial score (nSPS) is 20.6. The number of aliphatic hydroxyl groups is 5. The Morgan fingerprint density at radius 2 is 1.08 bits per heavy atom. The average molecular weight is 920 g/mol. The third-order valence-electron chi connectivity index (χ3n) is 12.2. The second-order valence-electron chi connectivity index (χ2n) is 18.3. The molecule has 0 radical (unpaired) electrons. The fraction of sp³-hybridized carbons (Fsp3) is 0.815. The first-order valence-electron chi connectivity index (χ1n) is 26.4. The number of ether oxygens (including phenoxy) is 3. The Kier molecular flexibility index (Phi) is 40.1. The van der Waals surface area contributed by atoms with Crippen molar-refractivity contribution in [3.8, 4) is 0 Å². The lowest BCUT2D eigenvalue weighted by Gasteiger charge is -2.41. The van der Waals surface area contributed by atoms with Crippen molar-refractivity contribution in [1.29, 1.82) is 0 Å². The monoisotopic (exact) mass is 920 g/mol. The second-order valence-corrected chi connectivity index (χ2v) is 18.3. The first-order valence-corrected chi connectivity index (χ1v) is 26.4. The first-order chi connectivity index (χ1) is 31.7. The summed E-state index contributed by atoms with van der Waals surface area (Å²) < 4.78 is 17.5. The van der Waals surface area contributed by atoms with Crippen LogP contribution < -0.4 is 5.32 Å². The van der Waals surface area contributed by atoms with Crippen LogP contribution >= 0.6 is 0 Å². The van der Waals surface area contributed by atoms with Crippen molar-refractivity contribution < 1.29 is 49.3 Å². The van der Waals surface area contributed by atoms with Crippen LogP contribution in [-0.4, -0.2) is 99.6 Å². The van der Waals surface area contributed by atoms with Gasteiger partial charge in [0.15, 0.2) is 12.4 Å². The summed E-state index contributed by atoms with van der Waals surface area (Å²) in [6, 6.07) is -1.03. The number of esters is 1. The van der Waals surface area contributed by atoms with Crippen LogP contribution in [-0.2, 0) is 23.8 Å². The molecule has 0 aromatic carbocycles. The number of rotatable bonds is 43. The molecule has 0 aromatic heterocycles. The van der Waals surface area contributed by atoms with Crippen molar-refractivity contribution in [2.24, 2.45) is 0 Å². The Balaban J connectivity index is 2.77. The Labute approximate surface area is 396 Å². The van der Waals surface area contributed by atoms with Crippen LogP contribution in [0.25, 0.3) is 0 Å². The summed E-state index contributed by atoms with van der Waals surface area (Å²) in [6.07, 6.45) is 38.8. The molecule has 1 fully saturated rings. The molecule has 1 aliphatic heterocycles. The van der Waals surface area contributed by atoms with E-state index in [0.717, 1.165) is 96.3 Å². The Hall–Kier alpha value is -2.38. The van der Waals surface area contributed by atoms with Crippen LogP contribution in [0.1, 0.15) is 220 Å². The molecule has 0 bridgehead atoms. The third-order valence-corrected chi connectivity index (χ3v) is 12.2. The van der Waals surface area contributed by atoms with Gasteiger partial charge >= 0.3 is 5.97 Å². The molecular weight excluding hydrogens is 823 g/mol. The van der Waals surface area contributed by atoms with Gasteiger partial charge in [0, 0.05) is 6.42 Å². The number of hydrogen-bond acceptors (Lipinski definition) is 10. The molecule has 1 amide bonds. The van der Waals surface area contributed by atoms with Crippen LogP contribution in [0.4, 0.5) is 0 Å². The molecule has 0 aliphatic carbocycles. The molecule has 378 valence electrons. The summed E-state index contributed by atoms with van der Waals surface area (Å²) in [5.41, 5.74) is 0. The maximum absolute atomic E-state index is 13.3. The van der Waals surface area contributed by atoms with Gasteiger partial charge in [-0.05, 0) is 70.6 Å². The molecule has 0 spiro atoms. The molecular formula is C54H97NO10. The van der Waals surface area contributed by atoms with Gasteiger partial charge < -0.3 is 45.1 Å². The highest BCUT2D eigenvalue weighted by Gasteiger charge is 2.47. The number of aliphatic hydroxyl groups excluding tert-OH is 5. The van der Waals surface area contributed by atoms with Gasteiger partial charge in [-0.3, -0.25) is 9.59 Å². The molecule has 65 heavy (non-hydrogen) atoms. The SMILES string of the molecule is CCCC/C=C\CCCCCCC(O)C(=O)NC(COC1OC(CO)C(O)C(O)C1OC(=O)CCCCCCCC/C=C/C=C/CCCCC)C(O)/C=C/CCCCCCCCCCC. The van der Waals surface area contributed by atoms with Crippen LogP contribution in [0.2, 0.25) is 0 Å². The third kappa shape index (κ3) is 32.1. The van der Waals surface area contributed by atoms with E-state index < -0.39 is 67.4 Å². The summed E-state index contributed by atoms with van der Waals surface area (Å²) in [6.45, 7) is 5.66. The fourth-order valence-corrected chi connectivity index (χ4v) is 7.91. The second kappa shape index (κ2) is 42.9. The van der Waals surface area contributed by atoms with E-state index in [2.05, 4.69) is 62.5 Å². The minimum Gasteiger partial charge on any atom is -0.454 e. The van der Waals surface area contributed by atoms with Crippen molar-refractivity contribution in [2.45, 2.75) is 269 Å². The number of nitrogens with one attached hydrogen (secondary N) is 1. The zero-order chi connectivity index (χ0) is 47.6. The number of unbranched alkanes of at least 4 members (excludes halogenated alkanes) is 24. The molecule has 1 aliphatic rings. The quantitative estimate of drug-likeness (QED) is 0.0149. The summed E-state index contributed by atoms with van der Waals surface area (Å²) in [5.74, 6) is -1.22. The van der Waals surface area contributed by atoms with Gasteiger partial charge in [-0.25, -0.2) is 0 Å². The number of amides is 1. The van der Waals surface area contributed by atoms with Crippen molar-refractivity contribution in [1.82, 2.24) is 5.32 Å². The highest BCUT2D eigenvalue weighted by molar-refractivity contribution is 5.80. The van der Waals surface area contributed by atoms with Gasteiger partial charge in [-0.1, -0.05) is 191 Å². The summed E-state index contributed by atoms with van der Waals surface area (Å²) in [5, 5.41) is 56.5. The van der Waals surface area contributed by atoms with E-state index in [1.807, 2.05) is 6.08 Å². The highest BCUT2D eigenvalue weighted by Crippen LogP contribution is 2.26. The Morgan fingerprint density at radius 1 is 0.600 bits per heavy atom. The zero-order valence-electron chi connectivity index (χ0n) is 41.3. The van der Waals surface area contributed by atoms with E-state index in [0.29, 0.717) is 12.8 Å². The predicted molar refractivity (Wildman–Crippen MR) is 264 cm³/mol. The average Bonchev–Trinajstić information content (AvgIpc) is 3.30. The van der Waals surface area contributed by atoms with E-state index in [9.17, 15) is 35.1 Å². The van der Waals surface area contributed by atoms with Gasteiger partial charge in [0.1, 0.15) is 24.4 Å². The lowest BCUT2D eigenvalue weighted by molar-refractivity contribution is -0.305. The zero-order valence-corrected chi connectivity index (χ0v) is 41.3. The largest absolute Gasteiger partial charge is 0.454 e. The first kappa shape index (κ1) is 60.6. The van der Waals surface area contributed by atoms with E-state index in [-0.39, 0.29) is 19.4 Å². The molecule has 1 rings (SSSR count). The van der Waals surface area contributed by atoms with Gasteiger partial charge in [0.25, 0.3) is 0 Å². The number of carbonyl (C=O) groups excluding carboxylic acids is 2. The number of hydrogen-bond donors (Lipinski definition) is 6. The standard InChI is InChI=1S/C54H97NO10/c1-4-7-10-13-16-19-22-23-24-25-27-30-33-36-39-42-49(59)65-52-51(61)50(60)48(43-56)64-54(52)63-44-45(46(57)40-37-34-31-29-26-20-17-14-11-8-5-2)55-53(62)47(58)41-38-35-32-28-21-18-15-12-9-6-3/h15-16,18-19,22-23,37,40,45-48,50-52,54,56-58,60-61H,4-14,17,20-21,24-36,38-39,41-44H2,1-3H3,(H,55,62)/b18-15-,19-16+,23-22+,40-37+. The smallest absolute Gasteiger partial charge is 0.306 e. The van der Waals surface area contributed by atoms with Crippen molar-refractivity contribution in [2.75, 3.05) is 13.2 Å². The van der Waals surface area contributed by atoms with Crippen LogP contribution in [0, 0.1) is 0 Å².